The summed E-state index contributed by atoms with van der Waals surface area (Å²) >= 11 is 0. The average molecular weight is 246 g/mol. The van der Waals surface area contributed by atoms with Crippen LogP contribution >= 0.6 is 0 Å². The number of hydrogen-bond donors (Lipinski definition) is 2. The van der Waals surface area contributed by atoms with Crippen molar-refractivity contribution in [2.24, 2.45) is 5.10 Å². The van der Waals surface area contributed by atoms with Crippen LogP contribution in [-0.4, -0.2) is 28.3 Å². The Morgan fingerprint density at radius 3 is 3.00 bits per heavy atom. The SMILES string of the molecule is CCOC(=O)C(C)=NNc1nc2ccccc2[nH]1. The number of esters is 1. The molecule has 0 saturated carbocycles. The molecule has 0 radical (unpaired) electrons. The number of anilines is 1. The molecule has 0 spiro atoms. The topological polar surface area (TPSA) is 79.4 Å². The number of imidazole rings is 1. The molecule has 1 aromatic carbocycles. The fourth-order valence-corrected chi connectivity index (χ4v) is 1.42. The van der Waals surface area contributed by atoms with E-state index in [2.05, 4.69) is 20.5 Å². The molecule has 6 nitrogen and oxygen atoms in total. The van der Waals surface area contributed by atoms with E-state index in [9.17, 15) is 4.79 Å². The van der Waals surface area contributed by atoms with E-state index in [-0.39, 0.29) is 5.71 Å². The number of nitrogens with zero attached hydrogens (tertiary/aromatic N) is 2. The van der Waals surface area contributed by atoms with Gasteiger partial charge in [-0.25, -0.2) is 15.2 Å². The largest absolute Gasteiger partial charge is 0.461 e. The summed E-state index contributed by atoms with van der Waals surface area (Å²) in [5.41, 5.74) is 4.68. The van der Waals surface area contributed by atoms with Crippen molar-refractivity contribution in [2.75, 3.05) is 12.0 Å². The first kappa shape index (κ1) is 12.1. The first-order valence-electron chi connectivity index (χ1n) is 5.63. The molecule has 0 atom stereocenters. The van der Waals surface area contributed by atoms with Crippen molar-refractivity contribution in [1.82, 2.24) is 9.97 Å². The van der Waals surface area contributed by atoms with E-state index in [0.717, 1.165) is 11.0 Å². The van der Waals surface area contributed by atoms with Gasteiger partial charge in [-0.1, -0.05) is 12.1 Å². The Hall–Kier alpha value is -2.37. The molecule has 0 aliphatic heterocycles. The van der Waals surface area contributed by atoms with Gasteiger partial charge < -0.3 is 9.72 Å². The third kappa shape index (κ3) is 2.65. The zero-order valence-corrected chi connectivity index (χ0v) is 10.2. The highest BCUT2D eigenvalue weighted by molar-refractivity contribution is 6.35. The molecule has 0 fully saturated rings. The fraction of sp³-hybridized carbons (Fsp3) is 0.250. The summed E-state index contributed by atoms with van der Waals surface area (Å²) < 4.78 is 4.81. The summed E-state index contributed by atoms with van der Waals surface area (Å²) in [6, 6.07) is 7.62. The summed E-state index contributed by atoms with van der Waals surface area (Å²) in [5.74, 6) is 0.0426. The molecule has 0 bridgehead atoms. The van der Waals surface area contributed by atoms with Crippen molar-refractivity contribution < 1.29 is 9.53 Å². The van der Waals surface area contributed by atoms with Gasteiger partial charge in [-0.2, -0.15) is 5.10 Å². The number of rotatable bonds is 4. The molecule has 2 N–H and O–H groups in total. The van der Waals surface area contributed by atoms with Crippen LogP contribution in [0.2, 0.25) is 0 Å². The Morgan fingerprint density at radius 2 is 2.28 bits per heavy atom. The number of hydrazone groups is 1. The van der Waals surface area contributed by atoms with Gasteiger partial charge in [0.1, 0.15) is 5.71 Å². The Morgan fingerprint density at radius 1 is 1.50 bits per heavy atom. The Kier molecular flexibility index (Phi) is 3.57. The molecule has 2 rings (SSSR count). The number of nitrogens with one attached hydrogen (secondary N) is 2. The number of hydrogen-bond acceptors (Lipinski definition) is 5. The van der Waals surface area contributed by atoms with Crippen LogP contribution in [0.3, 0.4) is 0 Å². The highest BCUT2D eigenvalue weighted by Crippen LogP contribution is 2.12. The van der Waals surface area contributed by atoms with Gasteiger partial charge in [0.05, 0.1) is 17.6 Å². The molecular weight excluding hydrogens is 232 g/mol. The van der Waals surface area contributed by atoms with Crippen LogP contribution in [-0.2, 0) is 9.53 Å². The normalized spacial score (nSPS) is 11.6. The molecule has 1 aromatic heterocycles. The Balaban J connectivity index is 2.09. The second-order valence-electron chi connectivity index (χ2n) is 3.63. The van der Waals surface area contributed by atoms with Gasteiger partial charge in [-0.3, -0.25) is 0 Å². The minimum atomic E-state index is -0.443. The summed E-state index contributed by atoms with van der Waals surface area (Å²) in [6.45, 7) is 3.65. The predicted molar refractivity (Wildman–Crippen MR) is 69.5 cm³/mol. The number of carbonyl (C=O) groups is 1. The second-order valence-corrected chi connectivity index (χ2v) is 3.63. The van der Waals surface area contributed by atoms with E-state index in [4.69, 9.17) is 4.74 Å². The van der Waals surface area contributed by atoms with E-state index < -0.39 is 5.97 Å². The van der Waals surface area contributed by atoms with Gasteiger partial charge in [0, 0.05) is 0 Å². The molecule has 2 aromatic rings. The van der Waals surface area contributed by atoms with Crippen molar-refractivity contribution in [1.29, 1.82) is 0 Å². The molecule has 18 heavy (non-hydrogen) atoms. The molecule has 0 amide bonds. The van der Waals surface area contributed by atoms with Crippen LogP contribution in [0.15, 0.2) is 29.4 Å². The monoisotopic (exact) mass is 246 g/mol. The number of carbonyl (C=O) groups excluding carboxylic acids is 1. The van der Waals surface area contributed by atoms with E-state index in [1.165, 1.54) is 0 Å². The highest BCUT2D eigenvalue weighted by Gasteiger charge is 2.06. The number of para-hydroxylation sites is 2. The number of benzene rings is 1. The lowest BCUT2D eigenvalue weighted by molar-refractivity contribution is -0.135. The van der Waals surface area contributed by atoms with Crippen LogP contribution in [0.4, 0.5) is 5.95 Å². The predicted octanol–water partition coefficient (Wildman–Crippen LogP) is 1.91. The van der Waals surface area contributed by atoms with E-state index in [1.807, 2.05) is 24.3 Å². The van der Waals surface area contributed by atoms with Crippen LogP contribution in [0.5, 0.6) is 0 Å². The van der Waals surface area contributed by atoms with Gasteiger partial charge in [0.2, 0.25) is 5.95 Å². The first-order chi connectivity index (χ1) is 8.70. The molecule has 94 valence electrons. The maximum Gasteiger partial charge on any atom is 0.354 e. The van der Waals surface area contributed by atoms with E-state index >= 15 is 0 Å². The van der Waals surface area contributed by atoms with Gasteiger partial charge in [-0.15, -0.1) is 0 Å². The lowest BCUT2D eigenvalue weighted by atomic mass is 10.3. The average Bonchev–Trinajstić information content (AvgIpc) is 2.78. The second kappa shape index (κ2) is 5.31. The van der Waals surface area contributed by atoms with Crippen molar-refractivity contribution in [3.05, 3.63) is 24.3 Å². The molecule has 0 aliphatic rings. The highest BCUT2D eigenvalue weighted by atomic mass is 16.5. The maximum absolute atomic E-state index is 11.3. The van der Waals surface area contributed by atoms with Crippen molar-refractivity contribution in [2.45, 2.75) is 13.8 Å². The third-order valence-electron chi connectivity index (χ3n) is 2.29. The van der Waals surface area contributed by atoms with Crippen LogP contribution in [0.25, 0.3) is 11.0 Å². The van der Waals surface area contributed by atoms with Crippen LogP contribution in [0, 0.1) is 0 Å². The van der Waals surface area contributed by atoms with Crippen molar-refractivity contribution >= 4 is 28.7 Å². The minimum Gasteiger partial charge on any atom is -0.461 e. The molecule has 0 saturated heterocycles. The van der Waals surface area contributed by atoms with Crippen molar-refractivity contribution in [3.63, 3.8) is 0 Å². The Bertz CT molecular complexity index is 556. The summed E-state index contributed by atoms with van der Waals surface area (Å²) in [4.78, 5) is 18.6. The number of fused-ring (bicyclic) bond motifs is 1. The van der Waals surface area contributed by atoms with Gasteiger partial charge >= 0.3 is 5.97 Å². The summed E-state index contributed by atoms with van der Waals surface area (Å²) in [6.07, 6.45) is 0. The van der Waals surface area contributed by atoms with Crippen LogP contribution < -0.4 is 5.43 Å². The zero-order chi connectivity index (χ0) is 13.0. The van der Waals surface area contributed by atoms with Crippen LogP contribution in [0.1, 0.15) is 13.8 Å². The van der Waals surface area contributed by atoms with E-state index in [0.29, 0.717) is 12.6 Å². The minimum absolute atomic E-state index is 0.248. The zero-order valence-electron chi connectivity index (χ0n) is 10.2. The molecule has 1 heterocycles. The van der Waals surface area contributed by atoms with Gasteiger partial charge in [0.15, 0.2) is 0 Å². The number of aromatic amines is 1. The first-order valence-corrected chi connectivity index (χ1v) is 5.63. The molecule has 0 unspecified atom stereocenters. The number of aromatic nitrogens is 2. The molecule has 0 aliphatic carbocycles. The number of ether oxygens (including phenoxy) is 1. The quantitative estimate of drug-likeness (QED) is 0.490. The number of H-pyrrole nitrogens is 1. The van der Waals surface area contributed by atoms with Gasteiger partial charge in [-0.05, 0) is 26.0 Å². The third-order valence-corrected chi connectivity index (χ3v) is 2.29. The standard InChI is InChI=1S/C12H14N4O2/c1-3-18-11(17)8(2)15-16-12-13-9-6-4-5-7-10(9)14-12/h4-7H,3H2,1-2H3,(H2,13,14,16). The fourth-order valence-electron chi connectivity index (χ4n) is 1.42. The Labute approximate surface area is 104 Å². The lowest BCUT2D eigenvalue weighted by Gasteiger charge is -2.00. The van der Waals surface area contributed by atoms with Crippen molar-refractivity contribution in [3.8, 4) is 0 Å². The van der Waals surface area contributed by atoms with Gasteiger partial charge in [0.25, 0.3) is 0 Å². The summed E-state index contributed by atoms with van der Waals surface area (Å²) in [7, 11) is 0. The van der Waals surface area contributed by atoms with E-state index in [1.54, 1.807) is 13.8 Å². The maximum atomic E-state index is 11.3. The molecular formula is C12H14N4O2. The summed E-state index contributed by atoms with van der Waals surface area (Å²) in [5, 5.41) is 3.91. The smallest absolute Gasteiger partial charge is 0.354 e. The molecule has 6 heteroatoms. The lowest BCUT2D eigenvalue weighted by Crippen LogP contribution is -2.15.